The summed E-state index contributed by atoms with van der Waals surface area (Å²) in [7, 11) is 1.32. The highest BCUT2D eigenvalue weighted by molar-refractivity contribution is 6.35. The fraction of sp³-hybridized carbons (Fsp3) is 0.161. The molecular formula is C31H27Cl2N3O6. The van der Waals surface area contributed by atoms with Crippen LogP contribution in [0.1, 0.15) is 28.6 Å². The first-order valence-corrected chi connectivity index (χ1v) is 13.6. The van der Waals surface area contributed by atoms with Gasteiger partial charge in [-0.2, -0.15) is 5.10 Å². The number of hydrazone groups is 1. The molecule has 0 aliphatic rings. The van der Waals surface area contributed by atoms with Gasteiger partial charge in [0.05, 0.1) is 23.9 Å². The van der Waals surface area contributed by atoms with Gasteiger partial charge in [-0.3, -0.25) is 9.59 Å². The van der Waals surface area contributed by atoms with Gasteiger partial charge >= 0.3 is 5.97 Å². The van der Waals surface area contributed by atoms with E-state index in [1.54, 1.807) is 55.5 Å². The fourth-order valence-corrected chi connectivity index (χ4v) is 4.32. The average Bonchev–Trinajstić information content (AvgIpc) is 3.47. The summed E-state index contributed by atoms with van der Waals surface area (Å²) in [5.41, 5.74) is 4.47. The SMILES string of the molecule is COC(=O)c1ccc(-c2ccc(/C=N\NC(=O)[C@@H](Cc3ccccc3)NC(=O)[C@@H](C)Oc3ccc(Cl)cc3Cl)o2)cc1. The molecule has 4 rings (SSSR count). The van der Waals surface area contributed by atoms with Gasteiger partial charge in [-0.15, -0.1) is 0 Å². The minimum absolute atomic E-state index is 0.217. The molecule has 216 valence electrons. The molecule has 11 heteroatoms. The first-order chi connectivity index (χ1) is 20.2. The van der Waals surface area contributed by atoms with E-state index < -0.39 is 29.9 Å². The minimum atomic E-state index is -0.957. The Morgan fingerprint density at radius 3 is 2.38 bits per heavy atom. The van der Waals surface area contributed by atoms with Gasteiger partial charge < -0.3 is 19.2 Å². The van der Waals surface area contributed by atoms with Crippen LogP contribution < -0.4 is 15.5 Å². The molecule has 1 aromatic heterocycles. The van der Waals surface area contributed by atoms with Crippen LogP contribution >= 0.6 is 23.2 Å². The molecule has 0 fully saturated rings. The molecule has 0 aliphatic heterocycles. The highest BCUT2D eigenvalue weighted by Gasteiger charge is 2.25. The first-order valence-electron chi connectivity index (χ1n) is 12.8. The van der Waals surface area contributed by atoms with Crippen molar-refractivity contribution in [1.29, 1.82) is 0 Å². The summed E-state index contributed by atoms with van der Waals surface area (Å²) >= 11 is 12.1. The van der Waals surface area contributed by atoms with Crippen molar-refractivity contribution < 1.29 is 28.3 Å². The summed E-state index contributed by atoms with van der Waals surface area (Å²) in [6.07, 6.45) is 0.607. The van der Waals surface area contributed by atoms with Gasteiger partial charge in [0, 0.05) is 17.0 Å². The number of furan rings is 1. The van der Waals surface area contributed by atoms with Crippen LogP contribution in [0.25, 0.3) is 11.3 Å². The zero-order valence-electron chi connectivity index (χ0n) is 22.7. The Morgan fingerprint density at radius 2 is 1.69 bits per heavy atom. The second-order valence-electron chi connectivity index (χ2n) is 9.09. The fourth-order valence-electron chi connectivity index (χ4n) is 3.87. The minimum Gasteiger partial charge on any atom is -0.479 e. The second-order valence-corrected chi connectivity index (χ2v) is 9.93. The molecule has 0 spiro atoms. The monoisotopic (exact) mass is 607 g/mol. The number of rotatable bonds is 11. The normalized spacial score (nSPS) is 12.4. The van der Waals surface area contributed by atoms with Crippen molar-refractivity contribution in [3.05, 3.63) is 112 Å². The predicted molar refractivity (Wildman–Crippen MR) is 160 cm³/mol. The zero-order chi connectivity index (χ0) is 30.1. The number of ether oxygens (including phenoxy) is 2. The van der Waals surface area contributed by atoms with E-state index in [4.69, 9.17) is 37.1 Å². The standard InChI is InChI=1S/C31H27Cl2N3O6/c1-19(41-28-14-12-23(32)17-25(28)33)29(37)35-26(16-20-6-4-3-5-7-20)30(38)36-34-18-24-13-15-27(42-24)21-8-10-22(11-9-21)31(39)40-2/h3-15,17-19,26H,16H2,1-2H3,(H,35,37)(H,36,38)/b34-18-/t19-,26-/m1/s1. The summed E-state index contributed by atoms with van der Waals surface area (Å²) in [6.45, 7) is 1.55. The summed E-state index contributed by atoms with van der Waals surface area (Å²) < 4.78 is 16.2. The Morgan fingerprint density at radius 1 is 0.952 bits per heavy atom. The van der Waals surface area contributed by atoms with Crippen LogP contribution in [0.3, 0.4) is 0 Å². The molecule has 2 N–H and O–H groups in total. The van der Waals surface area contributed by atoms with Gasteiger partial charge in [-0.25, -0.2) is 10.2 Å². The molecule has 1 heterocycles. The van der Waals surface area contributed by atoms with E-state index in [2.05, 4.69) is 15.8 Å². The molecular weight excluding hydrogens is 581 g/mol. The van der Waals surface area contributed by atoms with Crippen LogP contribution in [0.15, 0.2) is 94.4 Å². The lowest BCUT2D eigenvalue weighted by Crippen LogP contribution is -2.50. The third kappa shape index (κ3) is 8.22. The number of amides is 2. The number of carbonyl (C=O) groups is 3. The topological polar surface area (TPSA) is 119 Å². The lowest BCUT2D eigenvalue weighted by Gasteiger charge is -2.21. The van der Waals surface area contributed by atoms with Crippen molar-refractivity contribution >= 4 is 47.2 Å². The molecule has 0 unspecified atom stereocenters. The molecule has 3 aromatic carbocycles. The Balaban J connectivity index is 1.40. The van der Waals surface area contributed by atoms with Crippen molar-refractivity contribution in [2.75, 3.05) is 7.11 Å². The first kappa shape index (κ1) is 30.4. The predicted octanol–water partition coefficient (Wildman–Crippen LogP) is 5.69. The Bertz CT molecular complexity index is 1570. The molecule has 2 atom stereocenters. The van der Waals surface area contributed by atoms with E-state index in [0.717, 1.165) is 11.1 Å². The van der Waals surface area contributed by atoms with E-state index in [9.17, 15) is 14.4 Å². The molecule has 0 saturated carbocycles. The number of halogens is 2. The molecule has 42 heavy (non-hydrogen) atoms. The lowest BCUT2D eigenvalue weighted by atomic mass is 10.1. The maximum Gasteiger partial charge on any atom is 0.337 e. The second kappa shape index (κ2) is 14.3. The summed E-state index contributed by atoms with van der Waals surface area (Å²) in [4.78, 5) is 37.7. The van der Waals surface area contributed by atoms with Crippen molar-refractivity contribution in [2.24, 2.45) is 5.10 Å². The van der Waals surface area contributed by atoms with E-state index in [-0.39, 0.29) is 17.2 Å². The zero-order valence-corrected chi connectivity index (χ0v) is 24.2. The molecule has 2 amide bonds. The maximum atomic E-state index is 13.1. The number of hydrogen-bond donors (Lipinski definition) is 2. The number of methoxy groups -OCH3 is 1. The van der Waals surface area contributed by atoms with Crippen LogP contribution in [-0.4, -0.2) is 43.3 Å². The van der Waals surface area contributed by atoms with Crippen LogP contribution in [-0.2, 0) is 20.7 Å². The smallest absolute Gasteiger partial charge is 0.337 e. The van der Waals surface area contributed by atoms with Gasteiger partial charge in [0.25, 0.3) is 11.8 Å². The number of nitrogens with zero attached hydrogens (tertiary/aromatic N) is 1. The summed E-state index contributed by atoms with van der Waals surface area (Å²) in [6, 6.07) is 23.1. The van der Waals surface area contributed by atoms with Gasteiger partial charge in [0.2, 0.25) is 0 Å². The molecule has 9 nitrogen and oxygen atoms in total. The number of nitrogens with one attached hydrogen (secondary N) is 2. The number of hydrogen-bond acceptors (Lipinski definition) is 7. The maximum absolute atomic E-state index is 13.1. The van der Waals surface area contributed by atoms with E-state index >= 15 is 0 Å². The van der Waals surface area contributed by atoms with Crippen LogP contribution in [0, 0.1) is 0 Å². The van der Waals surface area contributed by atoms with Crippen molar-refractivity contribution in [1.82, 2.24) is 10.7 Å². The van der Waals surface area contributed by atoms with Crippen LogP contribution in [0.2, 0.25) is 10.0 Å². The molecule has 0 radical (unpaired) electrons. The molecule has 0 aliphatic carbocycles. The Kier molecular flexibility index (Phi) is 10.4. The summed E-state index contributed by atoms with van der Waals surface area (Å²) in [5, 5.41) is 7.43. The van der Waals surface area contributed by atoms with E-state index in [0.29, 0.717) is 22.1 Å². The van der Waals surface area contributed by atoms with Gasteiger partial charge in [-0.1, -0.05) is 65.7 Å². The highest BCUT2D eigenvalue weighted by Crippen LogP contribution is 2.28. The summed E-state index contributed by atoms with van der Waals surface area (Å²) in [5.74, 6) is -0.273. The van der Waals surface area contributed by atoms with Gasteiger partial charge in [-0.05, 0) is 55.0 Å². The largest absolute Gasteiger partial charge is 0.479 e. The van der Waals surface area contributed by atoms with E-state index in [1.165, 1.54) is 19.4 Å². The van der Waals surface area contributed by atoms with Gasteiger partial charge in [0.1, 0.15) is 23.3 Å². The van der Waals surface area contributed by atoms with Crippen LogP contribution in [0.4, 0.5) is 0 Å². The number of benzene rings is 3. The van der Waals surface area contributed by atoms with Crippen molar-refractivity contribution in [3.63, 3.8) is 0 Å². The van der Waals surface area contributed by atoms with E-state index in [1.807, 2.05) is 30.3 Å². The molecule has 4 aromatic rings. The van der Waals surface area contributed by atoms with Crippen molar-refractivity contribution in [2.45, 2.75) is 25.5 Å². The Labute approximate surface area is 252 Å². The molecule has 0 bridgehead atoms. The highest BCUT2D eigenvalue weighted by atomic mass is 35.5. The number of carbonyl (C=O) groups excluding carboxylic acids is 3. The molecule has 0 saturated heterocycles. The third-order valence-corrected chi connectivity index (χ3v) is 6.60. The number of esters is 1. The van der Waals surface area contributed by atoms with Crippen LogP contribution in [0.5, 0.6) is 5.75 Å². The van der Waals surface area contributed by atoms with Gasteiger partial charge in [0.15, 0.2) is 6.10 Å². The third-order valence-electron chi connectivity index (χ3n) is 6.07. The van der Waals surface area contributed by atoms with Crippen molar-refractivity contribution in [3.8, 4) is 17.1 Å². The lowest BCUT2D eigenvalue weighted by molar-refractivity contribution is -0.132. The quantitative estimate of drug-likeness (QED) is 0.128. The Hall–Kier alpha value is -4.60. The average molecular weight is 608 g/mol.